The Kier molecular flexibility index (Phi) is 6.56. The molecule has 1 amide bonds. The average molecular weight is 277 g/mol. The van der Waals surface area contributed by atoms with E-state index in [-0.39, 0.29) is 11.9 Å². The molecule has 1 unspecified atom stereocenters. The molecule has 0 spiro atoms. The van der Waals surface area contributed by atoms with E-state index in [0.29, 0.717) is 6.42 Å². The number of rotatable bonds is 7. The molecule has 0 aromatic heterocycles. The van der Waals surface area contributed by atoms with Crippen LogP contribution in [0.5, 0.6) is 5.75 Å². The number of nitrogens with one attached hydrogen (secondary N) is 1. The second-order valence-electron chi connectivity index (χ2n) is 5.23. The van der Waals surface area contributed by atoms with Gasteiger partial charge in [0.2, 0.25) is 0 Å². The number of ether oxygens (including phenoxy) is 1. The fourth-order valence-corrected chi connectivity index (χ4v) is 2.11. The first kappa shape index (κ1) is 16.5. The van der Waals surface area contributed by atoms with E-state index in [9.17, 15) is 4.79 Å². The predicted octanol–water partition coefficient (Wildman–Crippen LogP) is 3.77. The largest absolute Gasteiger partial charge is 0.480 e. The summed E-state index contributed by atoms with van der Waals surface area (Å²) >= 11 is 0. The van der Waals surface area contributed by atoms with Crippen molar-refractivity contribution >= 4 is 5.91 Å². The van der Waals surface area contributed by atoms with Crippen LogP contribution in [0, 0.1) is 13.8 Å². The smallest absolute Gasteiger partial charge is 0.261 e. The number of amides is 1. The molecule has 0 fully saturated rings. The number of carbonyl (C=O) groups excluding carboxylic acids is 1. The normalized spacial score (nSPS) is 12.3. The molecule has 1 N–H and O–H groups in total. The lowest BCUT2D eigenvalue weighted by Crippen LogP contribution is -2.43. The van der Waals surface area contributed by atoms with Crippen LogP contribution < -0.4 is 10.1 Å². The molecule has 0 bridgehead atoms. The van der Waals surface area contributed by atoms with Crippen LogP contribution >= 0.6 is 0 Å². The molecule has 1 aromatic carbocycles. The van der Waals surface area contributed by atoms with E-state index in [0.717, 1.165) is 24.2 Å². The van der Waals surface area contributed by atoms with Crippen molar-refractivity contribution < 1.29 is 9.53 Å². The summed E-state index contributed by atoms with van der Waals surface area (Å²) in [6.07, 6.45) is 2.14. The lowest BCUT2D eigenvalue weighted by molar-refractivity contribution is -0.128. The highest BCUT2D eigenvalue weighted by Gasteiger charge is 2.21. The molecule has 3 heteroatoms. The number of benzene rings is 1. The summed E-state index contributed by atoms with van der Waals surface area (Å²) in [5.74, 6) is 0.790. The fourth-order valence-electron chi connectivity index (χ4n) is 2.11. The minimum absolute atomic E-state index is 0.0119. The second-order valence-corrected chi connectivity index (χ2v) is 5.23. The zero-order chi connectivity index (χ0) is 15.1. The van der Waals surface area contributed by atoms with Crippen LogP contribution in [-0.2, 0) is 4.79 Å². The van der Waals surface area contributed by atoms with E-state index in [1.165, 1.54) is 5.56 Å². The third-order valence-electron chi connectivity index (χ3n) is 3.82. The van der Waals surface area contributed by atoms with E-state index in [1.54, 1.807) is 0 Å². The average Bonchev–Trinajstić information content (AvgIpc) is 2.46. The van der Waals surface area contributed by atoms with Gasteiger partial charge in [-0.15, -0.1) is 0 Å². The minimum Gasteiger partial charge on any atom is -0.480 e. The molecule has 1 atom stereocenters. The Balaban J connectivity index is 2.76. The van der Waals surface area contributed by atoms with Crippen molar-refractivity contribution in [3.63, 3.8) is 0 Å². The summed E-state index contributed by atoms with van der Waals surface area (Å²) in [4.78, 5) is 12.3. The van der Waals surface area contributed by atoms with Crippen molar-refractivity contribution in [2.45, 2.75) is 66.0 Å². The van der Waals surface area contributed by atoms with Crippen molar-refractivity contribution in [3.05, 3.63) is 29.3 Å². The highest BCUT2D eigenvalue weighted by atomic mass is 16.5. The zero-order valence-electron chi connectivity index (χ0n) is 13.3. The van der Waals surface area contributed by atoms with Gasteiger partial charge < -0.3 is 10.1 Å². The Morgan fingerprint density at radius 1 is 1.15 bits per heavy atom. The molecule has 0 aliphatic carbocycles. The van der Waals surface area contributed by atoms with Gasteiger partial charge in [0.05, 0.1) is 0 Å². The first-order valence-electron chi connectivity index (χ1n) is 7.56. The van der Waals surface area contributed by atoms with Gasteiger partial charge in [-0.2, -0.15) is 0 Å². The Labute approximate surface area is 122 Å². The van der Waals surface area contributed by atoms with Crippen LogP contribution in [0.3, 0.4) is 0 Å². The maximum absolute atomic E-state index is 12.3. The molecule has 1 rings (SSSR count). The Hall–Kier alpha value is -1.51. The molecular formula is C17H27NO2. The summed E-state index contributed by atoms with van der Waals surface area (Å²) < 4.78 is 5.91. The maximum Gasteiger partial charge on any atom is 0.261 e. The maximum atomic E-state index is 12.3. The van der Waals surface area contributed by atoms with Crippen molar-refractivity contribution in [1.82, 2.24) is 5.32 Å². The Morgan fingerprint density at radius 2 is 1.80 bits per heavy atom. The van der Waals surface area contributed by atoms with E-state index in [4.69, 9.17) is 4.74 Å². The zero-order valence-corrected chi connectivity index (χ0v) is 13.3. The van der Waals surface area contributed by atoms with Gasteiger partial charge in [0.15, 0.2) is 6.10 Å². The highest BCUT2D eigenvalue weighted by molar-refractivity contribution is 5.81. The quantitative estimate of drug-likeness (QED) is 0.824. The van der Waals surface area contributed by atoms with E-state index in [1.807, 2.05) is 39.0 Å². The lowest BCUT2D eigenvalue weighted by Gasteiger charge is -2.22. The van der Waals surface area contributed by atoms with Crippen molar-refractivity contribution in [2.24, 2.45) is 0 Å². The van der Waals surface area contributed by atoms with Crippen LogP contribution in [0.1, 0.15) is 51.2 Å². The minimum atomic E-state index is -0.420. The van der Waals surface area contributed by atoms with Crippen molar-refractivity contribution in [3.8, 4) is 5.75 Å². The Bertz CT molecular complexity index is 439. The molecule has 0 aliphatic rings. The van der Waals surface area contributed by atoms with Gasteiger partial charge in [-0.1, -0.05) is 32.9 Å². The first-order valence-corrected chi connectivity index (χ1v) is 7.56. The molecule has 0 saturated heterocycles. The number of aryl methyl sites for hydroxylation is 1. The van der Waals surface area contributed by atoms with E-state index in [2.05, 4.69) is 19.2 Å². The van der Waals surface area contributed by atoms with Gasteiger partial charge in [0, 0.05) is 6.04 Å². The predicted molar refractivity (Wildman–Crippen MR) is 83.1 cm³/mol. The van der Waals surface area contributed by atoms with Gasteiger partial charge in [-0.25, -0.2) is 0 Å². The molecule has 0 saturated carbocycles. The summed E-state index contributed by atoms with van der Waals surface area (Å²) in [7, 11) is 0. The summed E-state index contributed by atoms with van der Waals surface area (Å²) in [5, 5.41) is 3.06. The highest BCUT2D eigenvalue weighted by Crippen LogP contribution is 2.22. The van der Waals surface area contributed by atoms with Crippen LogP contribution in [0.15, 0.2) is 18.2 Å². The summed E-state index contributed by atoms with van der Waals surface area (Å²) in [6.45, 7) is 10.2. The molecular weight excluding hydrogens is 250 g/mol. The summed E-state index contributed by atoms with van der Waals surface area (Å²) in [5.41, 5.74) is 2.28. The van der Waals surface area contributed by atoms with Gasteiger partial charge in [0.1, 0.15) is 5.75 Å². The van der Waals surface area contributed by atoms with Gasteiger partial charge in [-0.3, -0.25) is 4.79 Å². The third kappa shape index (κ3) is 4.26. The molecule has 0 radical (unpaired) electrons. The molecule has 0 heterocycles. The number of carbonyl (C=O) groups is 1. The molecule has 0 aliphatic heterocycles. The topological polar surface area (TPSA) is 38.3 Å². The van der Waals surface area contributed by atoms with Crippen LogP contribution in [0.2, 0.25) is 0 Å². The molecule has 112 valence electrons. The van der Waals surface area contributed by atoms with Crippen LogP contribution in [0.25, 0.3) is 0 Å². The molecule has 1 aromatic rings. The van der Waals surface area contributed by atoms with Crippen LogP contribution in [0.4, 0.5) is 0 Å². The number of hydrogen-bond acceptors (Lipinski definition) is 2. The van der Waals surface area contributed by atoms with Gasteiger partial charge in [-0.05, 0) is 50.3 Å². The number of hydrogen-bond donors (Lipinski definition) is 1. The first-order chi connectivity index (χ1) is 9.53. The SMILES string of the molecule is CCC(CC)NC(=O)C(CC)Oc1cccc(C)c1C. The van der Waals surface area contributed by atoms with Crippen molar-refractivity contribution in [1.29, 1.82) is 0 Å². The van der Waals surface area contributed by atoms with Gasteiger partial charge in [0.25, 0.3) is 5.91 Å². The molecule has 3 nitrogen and oxygen atoms in total. The standard InChI is InChI=1S/C17H27NO2/c1-6-14(7-2)18-17(19)15(8-3)20-16-11-9-10-12(4)13(16)5/h9-11,14-15H,6-8H2,1-5H3,(H,18,19). The fraction of sp³-hybridized carbons (Fsp3) is 0.588. The lowest BCUT2D eigenvalue weighted by atomic mass is 10.1. The Morgan fingerprint density at radius 3 is 2.35 bits per heavy atom. The second kappa shape index (κ2) is 7.93. The summed E-state index contributed by atoms with van der Waals surface area (Å²) in [6, 6.07) is 6.17. The third-order valence-corrected chi connectivity index (χ3v) is 3.82. The van der Waals surface area contributed by atoms with Crippen molar-refractivity contribution in [2.75, 3.05) is 0 Å². The van der Waals surface area contributed by atoms with Gasteiger partial charge >= 0.3 is 0 Å². The monoisotopic (exact) mass is 277 g/mol. The van der Waals surface area contributed by atoms with Crippen LogP contribution in [-0.4, -0.2) is 18.1 Å². The van der Waals surface area contributed by atoms with E-state index >= 15 is 0 Å². The molecule has 20 heavy (non-hydrogen) atoms. The van der Waals surface area contributed by atoms with E-state index < -0.39 is 6.10 Å².